The molecule has 0 radical (unpaired) electrons. The van der Waals surface area contributed by atoms with Gasteiger partial charge >= 0.3 is 0 Å². The van der Waals surface area contributed by atoms with Gasteiger partial charge in [0.2, 0.25) is 0 Å². The van der Waals surface area contributed by atoms with Crippen LogP contribution >= 0.6 is 0 Å². The number of aromatic amines is 1. The Balaban J connectivity index is 2.11. The lowest BCUT2D eigenvalue weighted by Crippen LogP contribution is -2.34. The zero-order chi connectivity index (χ0) is 11.8. The van der Waals surface area contributed by atoms with E-state index in [1.807, 2.05) is 18.2 Å². The van der Waals surface area contributed by atoms with Crippen molar-refractivity contribution in [3.8, 4) is 11.3 Å². The molecule has 2 atom stereocenters. The van der Waals surface area contributed by atoms with Crippen molar-refractivity contribution in [3.63, 3.8) is 0 Å². The molecular formula is C13H14N2O2. The Morgan fingerprint density at radius 3 is 2.76 bits per heavy atom. The Kier molecular flexibility index (Phi) is 2.46. The molecule has 1 aliphatic rings. The van der Waals surface area contributed by atoms with Crippen LogP contribution in [0.3, 0.4) is 0 Å². The van der Waals surface area contributed by atoms with Crippen LogP contribution in [0.25, 0.3) is 11.3 Å². The predicted molar refractivity (Wildman–Crippen MR) is 63.4 cm³/mol. The molecule has 0 spiro atoms. The minimum absolute atomic E-state index is 0.492. The van der Waals surface area contributed by atoms with Gasteiger partial charge < -0.3 is 15.2 Å². The fourth-order valence-electron chi connectivity index (χ4n) is 2.43. The third-order valence-electron chi connectivity index (χ3n) is 3.35. The highest BCUT2D eigenvalue weighted by atomic mass is 16.3. The summed E-state index contributed by atoms with van der Waals surface area (Å²) in [4.78, 5) is 7.09. The summed E-state index contributed by atoms with van der Waals surface area (Å²) < 4.78 is 0. The molecule has 2 unspecified atom stereocenters. The first-order chi connectivity index (χ1) is 8.25. The highest BCUT2D eigenvalue weighted by molar-refractivity contribution is 5.65. The second-order valence-corrected chi connectivity index (χ2v) is 4.45. The van der Waals surface area contributed by atoms with Crippen LogP contribution in [0.2, 0.25) is 0 Å². The number of nitrogens with one attached hydrogen (secondary N) is 1. The average Bonchev–Trinajstić information content (AvgIpc) is 2.83. The summed E-state index contributed by atoms with van der Waals surface area (Å²) in [7, 11) is 0. The number of fused-ring (bicyclic) bond motifs is 1. The number of imidazole rings is 1. The summed E-state index contributed by atoms with van der Waals surface area (Å²) in [6.07, 6.45) is 3.09. The molecular weight excluding hydrogens is 216 g/mol. The van der Waals surface area contributed by atoms with Gasteiger partial charge in [0.15, 0.2) is 0 Å². The van der Waals surface area contributed by atoms with Gasteiger partial charge in [-0.2, -0.15) is 0 Å². The van der Waals surface area contributed by atoms with Gasteiger partial charge in [-0.1, -0.05) is 18.2 Å². The largest absolute Gasteiger partial charge is 0.390 e. The Morgan fingerprint density at radius 1 is 1.18 bits per heavy atom. The van der Waals surface area contributed by atoms with Crippen molar-refractivity contribution in [2.24, 2.45) is 0 Å². The maximum absolute atomic E-state index is 9.77. The van der Waals surface area contributed by atoms with Gasteiger partial charge in [0.05, 0.1) is 30.4 Å². The molecule has 1 aliphatic carbocycles. The lowest BCUT2D eigenvalue weighted by Gasteiger charge is -2.27. The van der Waals surface area contributed by atoms with Crippen molar-refractivity contribution in [1.82, 2.24) is 9.97 Å². The van der Waals surface area contributed by atoms with E-state index in [9.17, 15) is 10.2 Å². The Morgan fingerprint density at radius 2 is 2.00 bits per heavy atom. The van der Waals surface area contributed by atoms with Gasteiger partial charge in [0.1, 0.15) is 0 Å². The molecule has 1 aromatic heterocycles. The molecule has 3 N–H and O–H groups in total. The SMILES string of the molecule is OC1Cc2cccc(-c3cnc[nH]3)c2CC1O. The smallest absolute Gasteiger partial charge is 0.0924 e. The fourth-order valence-corrected chi connectivity index (χ4v) is 2.43. The van der Waals surface area contributed by atoms with E-state index in [1.54, 1.807) is 12.5 Å². The normalized spacial score (nSPS) is 23.4. The molecule has 0 fully saturated rings. The topological polar surface area (TPSA) is 69.1 Å². The summed E-state index contributed by atoms with van der Waals surface area (Å²) in [6, 6.07) is 5.99. The zero-order valence-corrected chi connectivity index (χ0v) is 9.30. The summed E-state index contributed by atoms with van der Waals surface area (Å²) >= 11 is 0. The van der Waals surface area contributed by atoms with Crippen LogP contribution in [0, 0.1) is 0 Å². The van der Waals surface area contributed by atoms with Crippen LogP contribution in [0.5, 0.6) is 0 Å². The van der Waals surface area contributed by atoms with E-state index in [0.717, 1.165) is 22.4 Å². The van der Waals surface area contributed by atoms with Gasteiger partial charge in [-0.3, -0.25) is 0 Å². The number of benzene rings is 1. The number of aliphatic hydroxyl groups excluding tert-OH is 2. The van der Waals surface area contributed by atoms with E-state index >= 15 is 0 Å². The second-order valence-electron chi connectivity index (χ2n) is 4.45. The van der Waals surface area contributed by atoms with Crippen LogP contribution < -0.4 is 0 Å². The standard InChI is InChI=1S/C13H14N2O2/c16-12-4-8-2-1-3-9(10(8)5-13(12)17)11-6-14-7-15-11/h1-3,6-7,12-13,16-17H,4-5H2,(H,14,15). The Labute approximate surface area is 99.0 Å². The first-order valence-electron chi connectivity index (χ1n) is 5.71. The third-order valence-corrected chi connectivity index (χ3v) is 3.35. The van der Waals surface area contributed by atoms with E-state index in [4.69, 9.17) is 0 Å². The summed E-state index contributed by atoms with van der Waals surface area (Å²) in [5.74, 6) is 0. The van der Waals surface area contributed by atoms with E-state index < -0.39 is 12.2 Å². The first kappa shape index (κ1) is 10.5. The number of nitrogens with zero attached hydrogens (tertiary/aromatic N) is 1. The van der Waals surface area contributed by atoms with Crippen LogP contribution in [0.4, 0.5) is 0 Å². The molecule has 0 saturated heterocycles. The number of aromatic nitrogens is 2. The molecule has 2 aromatic rings. The van der Waals surface area contributed by atoms with Crippen molar-refractivity contribution < 1.29 is 10.2 Å². The molecule has 3 rings (SSSR count). The molecule has 1 heterocycles. The van der Waals surface area contributed by atoms with E-state index in [-0.39, 0.29) is 0 Å². The van der Waals surface area contributed by atoms with Crippen molar-refractivity contribution in [2.45, 2.75) is 25.0 Å². The van der Waals surface area contributed by atoms with Crippen molar-refractivity contribution >= 4 is 0 Å². The molecule has 1 aromatic carbocycles. The number of hydrogen-bond donors (Lipinski definition) is 3. The third kappa shape index (κ3) is 1.75. The van der Waals surface area contributed by atoms with Crippen LogP contribution in [-0.4, -0.2) is 32.4 Å². The molecule has 17 heavy (non-hydrogen) atoms. The van der Waals surface area contributed by atoms with Crippen molar-refractivity contribution in [1.29, 1.82) is 0 Å². The zero-order valence-electron chi connectivity index (χ0n) is 9.30. The monoisotopic (exact) mass is 230 g/mol. The molecule has 88 valence electrons. The Hall–Kier alpha value is -1.65. The van der Waals surface area contributed by atoms with E-state index in [0.29, 0.717) is 12.8 Å². The predicted octanol–water partition coefficient (Wildman–Crippen LogP) is 0.897. The maximum Gasteiger partial charge on any atom is 0.0924 e. The number of H-pyrrole nitrogens is 1. The van der Waals surface area contributed by atoms with Crippen molar-refractivity contribution in [3.05, 3.63) is 41.9 Å². The van der Waals surface area contributed by atoms with Gasteiger partial charge in [0.25, 0.3) is 0 Å². The van der Waals surface area contributed by atoms with Gasteiger partial charge in [-0.25, -0.2) is 4.98 Å². The van der Waals surface area contributed by atoms with Gasteiger partial charge in [0, 0.05) is 18.4 Å². The second kappa shape index (κ2) is 3.98. The van der Waals surface area contributed by atoms with Crippen LogP contribution in [0.1, 0.15) is 11.1 Å². The molecule has 0 amide bonds. The molecule has 4 nitrogen and oxygen atoms in total. The quantitative estimate of drug-likeness (QED) is 0.681. The highest BCUT2D eigenvalue weighted by Gasteiger charge is 2.26. The van der Waals surface area contributed by atoms with E-state index in [2.05, 4.69) is 9.97 Å². The summed E-state index contributed by atoms with van der Waals surface area (Å²) in [5.41, 5.74) is 4.22. The summed E-state index contributed by atoms with van der Waals surface area (Å²) in [5, 5.41) is 19.4. The number of aliphatic hydroxyl groups is 2. The lowest BCUT2D eigenvalue weighted by atomic mass is 9.84. The molecule has 0 saturated carbocycles. The molecule has 4 heteroatoms. The minimum atomic E-state index is -0.674. The summed E-state index contributed by atoms with van der Waals surface area (Å²) in [6.45, 7) is 0. The first-order valence-corrected chi connectivity index (χ1v) is 5.71. The molecule has 0 aliphatic heterocycles. The van der Waals surface area contributed by atoms with Crippen LogP contribution in [0.15, 0.2) is 30.7 Å². The lowest BCUT2D eigenvalue weighted by molar-refractivity contribution is 0.0143. The van der Waals surface area contributed by atoms with E-state index in [1.165, 1.54) is 0 Å². The number of rotatable bonds is 1. The number of hydrogen-bond acceptors (Lipinski definition) is 3. The van der Waals surface area contributed by atoms with Gasteiger partial charge in [-0.15, -0.1) is 0 Å². The van der Waals surface area contributed by atoms with Crippen LogP contribution in [-0.2, 0) is 12.8 Å². The van der Waals surface area contributed by atoms with Crippen molar-refractivity contribution in [2.75, 3.05) is 0 Å². The maximum atomic E-state index is 9.77. The molecule has 0 bridgehead atoms. The van der Waals surface area contributed by atoms with Gasteiger partial charge in [-0.05, 0) is 11.1 Å². The highest BCUT2D eigenvalue weighted by Crippen LogP contribution is 2.30. The fraction of sp³-hybridized carbons (Fsp3) is 0.308. The Bertz CT molecular complexity index is 522. The average molecular weight is 230 g/mol. The minimum Gasteiger partial charge on any atom is -0.390 e.